The SMILES string of the molecule is O=S(=O)(N[C@@H]1CCC12CCN(Cc1ccsc1)CC2)c1ccccc1. The number of hydrogen-bond acceptors (Lipinski definition) is 4. The Morgan fingerprint density at radius 2 is 1.88 bits per heavy atom. The minimum absolute atomic E-state index is 0.0843. The Bertz CT molecular complexity index is 795. The highest BCUT2D eigenvalue weighted by Gasteiger charge is 2.49. The van der Waals surface area contributed by atoms with Gasteiger partial charge in [0.1, 0.15) is 0 Å². The van der Waals surface area contributed by atoms with E-state index in [1.54, 1.807) is 35.6 Å². The van der Waals surface area contributed by atoms with Crippen molar-refractivity contribution >= 4 is 21.4 Å². The summed E-state index contributed by atoms with van der Waals surface area (Å²) in [5.41, 5.74) is 1.54. The van der Waals surface area contributed by atoms with Crippen LogP contribution in [0.3, 0.4) is 0 Å². The topological polar surface area (TPSA) is 49.4 Å². The van der Waals surface area contributed by atoms with E-state index in [-0.39, 0.29) is 11.5 Å². The third-order valence-electron chi connectivity index (χ3n) is 5.86. The first-order valence-corrected chi connectivity index (χ1v) is 11.3. The number of nitrogens with zero attached hydrogens (tertiary/aromatic N) is 1. The highest BCUT2D eigenvalue weighted by Crippen LogP contribution is 2.49. The number of sulfonamides is 1. The maximum absolute atomic E-state index is 12.6. The zero-order valence-electron chi connectivity index (χ0n) is 14.2. The van der Waals surface area contributed by atoms with Gasteiger partial charge in [0.2, 0.25) is 10.0 Å². The molecule has 0 amide bonds. The molecular weight excluding hydrogens is 352 g/mol. The average molecular weight is 377 g/mol. The lowest BCUT2D eigenvalue weighted by Crippen LogP contribution is -2.58. The van der Waals surface area contributed by atoms with Crippen molar-refractivity contribution in [2.24, 2.45) is 5.41 Å². The van der Waals surface area contributed by atoms with Crippen molar-refractivity contribution in [1.29, 1.82) is 0 Å². The lowest BCUT2D eigenvalue weighted by Gasteiger charge is -2.54. The molecule has 0 unspecified atom stereocenters. The van der Waals surface area contributed by atoms with Gasteiger partial charge in [-0.15, -0.1) is 0 Å². The monoisotopic (exact) mass is 376 g/mol. The van der Waals surface area contributed by atoms with Crippen molar-refractivity contribution in [3.63, 3.8) is 0 Å². The van der Waals surface area contributed by atoms with E-state index in [0.717, 1.165) is 45.3 Å². The summed E-state index contributed by atoms with van der Waals surface area (Å²) in [7, 11) is -3.41. The van der Waals surface area contributed by atoms with Crippen LogP contribution in [0.15, 0.2) is 52.1 Å². The van der Waals surface area contributed by atoms with Crippen molar-refractivity contribution < 1.29 is 8.42 Å². The first-order valence-electron chi connectivity index (χ1n) is 8.88. The molecule has 4 nitrogen and oxygen atoms in total. The second-order valence-corrected chi connectivity index (χ2v) is 9.79. The molecule has 1 aromatic carbocycles. The third-order valence-corrected chi connectivity index (χ3v) is 8.08. The molecular formula is C19H24N2O2S2. The van der Waals surface area contributed by atoms with Gasteiger partial charge in [-0.2, -0.15) is 11.3 Å². The Hall–Kier alpha value is -1.21. The van der Waals surface area contributed by atoms with E-state index in [1.807, 2.05) is 6.07 Å². The maximum atomic E-state index is 12.6. The van der Waals surface area contributed by atoms with Gasteiger partial charge in [-0.1, -0.05) is 18.2 Å². The molecule has 1 saturated carbocycles. The molecule has 1 N–H and O–H groups in total. The van der Waals surface area contributed by atoms with E-state index >= 15 is 0 Å². The van der Waals surface area contributed by atoms with Gasteiger partial charge in [-0.25, -0.2) is 13.1 Å². The van der Waals surface area contributed by atoms with Crippen molar-refractivity contribution in [1.82, 2.24) is 9.62 Å². The van der Waals surface area contributed by atoms with Gasteiger partial charge in [0, 0.05) is 12.6 Å². The molecule has 1 aliphatic heterocycles. The summed E-state index contributed by atoms with van der Waals surface area (Å²) < 4.78 is 28.2. The minimum atomic E-state index is -3.41. The highest BCUT2D eigenvalue weighted by atomic mass is 32.2. The summed E-state index contributed by atoms with van der Waals surface area (Å²) in [6, 6.07) is 11.0. The summed E-state index contributed by atoms with van der Waals surface area (Å²) in [6.45, 7) is 3.12. The van der Waals surface area contributed by atoms with Crippen molar-refractivity contribution in [2.75, 3.05) is 13.1 Å². The largest absolute Gasteiger partial charge is 0.299 e. The summed E-state index contributed by atoms with van der Waals surface area (Å²) in [4.78, 5) is 2.86. The van der Waals surface area contributed by atoms with Crippen LogP contribution in [0.5, 0.6) is 0 Å². The first-order chi connectivity index (χ1) is 12.1. The first kappa shape index (κ1) is 17.2. The van der Waals surface area contributed by atoms with Crippen LogP contribution in [0.2, 0.25) is 0 Å². The second-order valence-electron chi connectivity index (χ2n) is 7.30. The lowest BCUT2D eigenvalue weighted by molar-refractivity contribution is 0.000735. The number of nitrogens with one attached hydrogen (secondary N) is 1. The van der Waals surface area contributed by atoms with E-state index in [0.29, 0.717) is 4.90 Å². The van der Waals surface area contributed by atoms with Gasteiger partial charge >= 0.3 is 0 Å². The number of piperidine rings is 1. The van der Waals surface area contributed by atoms with Gasteiger partial charge in [0.25, 0.3) is 0 Å². The highest BCUT2D eigenvalue weighted by molar-refractivity contribution is 7.89. The van der Waals surface area contributed by atoms with E-state index in [2.05, 4.69) is 26.4 Å². The van der Waals surface area contributed by atoms with Crippen molar-refractivity contribution in [2.45, 2.75) is 43.2 Å². The van der Waals surface area contributed by atoms with Crippen LogP contribution in [0.1, 0.15) is 31.2 Å². The van der Waals surface area contributed by atoms with Gasteiger partial charge in [-0.05, 0) is 78.7 Å². The fourth-order valence-corrected chi connectivity index (χ4v) is 6.19. The quantitative estimate of drug-likeness (QED) is 0.869. The average Bonchev–Trinajstić information content (AvgIpc) is 3.13. The zero-order valence-corrected chi connectivity index (χ0v) is 15.9. The maximum Gasteiger partial charge on any atom is 0.240 e. The number of benzene rings is 1. The van der Waals surface area contributed by atoms with Crippen LogP contribution >= 0.6 is 11.3 Å². The smallest absolute Gasteiger partial charge is 0.240 e. The Labute approximate surface area is 153 Å². The Balaban J connectivity index is 1.38. The van der Waals surface area contributed by atoms with Crippen molar-refractivity contribution in [3.05, 3.63) is 52.7 Å². The molecule has 1 aromatic heterocycles. The van der Waals surface area contributed by atoms with Crippen LogP contribution in [0, 0.1) is 5.41 Å². The molecule has 2 aromatic rings. The molecule has 4 rings (SSSR count). The fourth-order valence-electron chi connectivity index (χ4n) is 4.13. The van der Waals surface area contributed by atoms with Crippen LogP contribution < -0.4 is 4.72 Å². The van der Waals surface area contributed by atoms with Gasteiger partial charge < -0.3 is 0 Å². The molecule has 0 bridgehead atoms. The van der Waals surface area contributed by atoms with E-state index in [1.165, 1.54) is 5.56 Å². The minimum Gasteiger partial charge on any atom is -0.299 e. The number of hydrogen-bond donors (Lipinski definition) is 1. The Morgan fingerprint density at radius 3 is 2.48 bits per heavy atom. The van der Waals surface area contributed by atoms with Crippen LogP contribution in [-0.2, 0) is 16.6 Å². The normalized spacial score (nSPS) is 23.4. The number of rotatable bonds is 5. The van der Waals surface area contributed by atoms with E-state index in [4.69, 9.17) is 0 Å². The standard InChI is InChI=1S/C19H24N2O2S2/c22-25(23,17-4-2-1-3-5-17)20-18-6-8-19(18)9-11-21(12-10-19)14-16-7-13-24-15-16/h1-5,7,13,15,18,20H,6,8-12,14H2/t18-/m1/s1. The summed E-state index contributed by atoms with van der Waals surface area (Å²) in [6.07, 6.45) is 4.26. The van der Waals surface area contributed by atoms with Crippen molar-refractivity contribution in [3.8, 4) is 0 Å². The second kappa shape index (κ2) is 6.83. The lowest BCUT2D eigenvalue weighted by atomic mass is 9.59. The molecule has 1 aliphatic carbocycles. The molecule has 2 fully saturated rings. The molecule has 134 valence electrons. The molecule has 1 saturated heterocycles. The molecule has 6 heteroatoms. The van der Waals surface area contributed by atoms with Gasteiger partial charge in [-0.3, -0.25) is 4.90 Å². The van der Waals surface area contributed by atoms with E-state index < -0.39 is 10.0 Å². The summed E-state index contributed by atoms with van der Waals surface area (Å²) in [5.74, 6) is 0. The molecule has 1 atom stereocenters. The Kier molecular flexibility index (Phi) is 4.71. The molecule has 1 spiro atoms. The number of likely N-dealkylation sites (tertiary alicyclic amines) is 1. The van der Waals surface area contributed by atoms with Crippen LogP contribution in [0.25, 0.3) is 0 Å². The van der Waals surface area contributed by atoms with Gasteiger partial charge in [0.05, 0.1) is 4.90 Å². The van der Waals surface area contributed by atoms with Gasteiger partial charge in [0.15, 0.2) is 0 Å². The number of thiophene rings is 1. The Morgan fingerprint density at radius 1 is 1.12 bits per heavy atom. The predicted molar refractivity (Wildman–Crippen MR) is 101 cm³/mol. The molecule has 25 heavy (non-hydrogen) atoms. The predicted octanol–water partition coefficient (Wildman–Crippen LogP) is 3.47. The molecule has 2 heterocycles. The summed E-state index contributed by atoms with van der Waals surface area (Å²) in [5, 5.41) is 4.34. The third kappa shape index (κ3) is 3.53. The zero-order chi connectivity index (χ0) is 17.3. The van der Waals surface area contributed by atoms with Crippen LogP contribution in [-0.4, -0.2) is 32.4 Å². The van der Waals surface area contributed by atoms with Crippen LogP contribution in [0.4, 0.5) is 0 Å². The molecule has 0 radical (unpaired) electrons. The molecule has 2 aliphatic rings. The summed E-state index contributed by atoms with van der Waals surface area (Å²) >= 11 is 1.74. The fraction of sp³-hybridized carbons (Fsp3) is 0.474. The van der Waals surface area contributed by atoms with E-state index in [9.17, 15) is 8.42 Å².